The van der Waals surface area contributed by atoms with Crippen LogP contribution in [0.5, 0.6) is 0 Å². The molecule has 3 aromatic heterocycles. The van der Waals surface area contributed by atoms with Gasteiger partial charge in [0.05, 0.1) is 7.05 Å². The minimum absolute atomic E-state index is 0.0299. The number of hydrogen-bond donors (Lipinski definition) is 3. The Morgan fingerprint density at radius 2 is 2.27 bits per heavy atom. The summed E-state index contributed by atoms with van der Waals surface area (Å²) in [6, 6.07) is 2.82. The van der Waals surface area contributed by atoms with Crippen LogP contribution in [0.15, 0.2) is 70.1 Å². The standard InChI is InChI=1S/C23H21N9O5S3/c1-3-9-37-28-15(18-26-23(24)40-29-18)19(33)25-16-20(34)32-17(22(35)36)12(11-39-21(16)32)6-10-38-13-4-5-14-30(2)7-8-31(14)27-13/h3-8,10,16,21H,1,9,11H2,2H3,(H3-,24,25,26,29,33,35,36)/p+1/b10-6+,28-15-/t16-,21-/m1/s1. The van der Waals surface area contributed by atoms with E-state index < -0.39 is 29.2 Å². The average molecular weight is 601 g/mol. The third-order valence-corrected chi connectivity index (χ3v) is 8.35. The number of aromatic nitrogens is 5. The Morgan fingerprint density at radius 3 is 3.00 bits per heavy atom. The van der Waals surface area contributed by atoms with E-state index in [1.54, 1.807) is 16.0 Å². The fourth-order valence-corrected chi connectivity index (χ4v) is 6.35. The van der Waals surface area contributed by atoms with Gasteiger partial charge in [0.25, 0.3) is 11.8 Å². The molecule has 2 aliphatic heterocycles. The van der Waals surface area contributed by atoms with Gasteiger partial charge < -0.3 is 21.0 Å². The Morgan fingerprint density at radius 1 is 1.45 bits per heavy atom. The molecule has 17 heteroatoms. The third kappa shape index (κ3) is 5.30. The summed E-state index contributed by atoms with van der Waals surface area (Å²) >= 11 is 3.53. The lowest BCUT2D eigenvalue weighted by atomic mass is 10.0. The molecule has 0 spiro atoms. The number of allylic oxidation sites excluding steroid dienone is 1. The number of thioether (sulfide) groups is 2. The van der Waals surface area contributed by atoms with Crippen LogP contribution >= 0.6 is 35.1 Å². The molecule has 0 aliphatic carbocycles. The fourth-order valence-electron chi connectivity index (χ4n) is 3.94. The van der Waals surface area contributed by atoms with Crippen LogP contribution in [0.3, 0.4) is 0 Å². The molecule has 40 heavy (non-hydrogen) atoms. The molecule has 0 aromatic carbocycles. The quantitative estimate of drug-likeness (QED) is 0.0562. The predicted molar refractivity (Wildman–Crippen MR) is 148 cm³/mol. The Balaban J connectivity index is 1.30. The molecule has 5 heterocycles. The average Bonchev–Trinajstić information content (AvgIpc) is 3.53. The highest BCUT2D eigenvalue weighted by molar-refractivity contribution is 8.02. The molecule has 0 unspecified atom stereocenters. The molecule has 206 valence electrons. The number of oxime groups is 1. The molecule has 0 bridgehead atoms. The van der Waals surface area contributed by atoms with E-state index in [-0.39, 0.29) is 29.0 Å². The zero-order valence-electron chi connectivity index (χ0n) is 20.8. The van der Waals surface area contributed by atoms with Crippen LogP contribution in [0.4, 0.5) is 5.13 Å². The molecule has 14 nitrogen and oxygen atoms in total. The molecule has 1 saturated heterocycles. The van der Waals surface area contributed by atoms with Gasteiger partial charge in [0.1, 0.15) is 34.9 Å². The summed E-state index contributed by atoms with van der Waals surface area (Å²) in [5, 5.41) is 22.8. The van der Waals surface area contributed by atoms with Crippen molar-refractivity contribution >= 4 is 69.3 Å². The zero-order valence-corrected chi connectivity index (χ0v) is 23.3. The van der Waals surface area contributed by atoms with Gasteiger partial charge in [-0.15, -0.1) is 16.3 Å². The number of aliphatic carboxylic acids is 1. The number of aryl methyl sites for hydroxylation is 1. The normalized spacial score (nSPS) is 19.1. The number of nitrogens with zero attached hydrogens (tertiary/aromatic N) is 7. The Bertz CT molecular complexity index is 1610. The predicted octanol–water partition coefficient (Wildman–Crippen LogP) is 0.544. The zero-order chi connectivity index (χ0) is 28.4. The first-order chi connectivity index (χ1) is 19.3. The van der Waals surface area contributed by atoms with E-state index in [2.05, 4.69) is 31.5 Å². The Labute approximate surface area is 239 Å². The second kappa shape index (κ2) is 11.5. The summed E-state index contributed by atoms with van der Waals surface area (Å²) in [5.41, 5.74) is 6.62. The van der Waals surface area contributed by atoms with Crippen molar-refractivity contribution in [3.8, 4) is 0 Å². The van der Waals surface area contributed by atoms with E-state index in [9.17, 15) is 19.5 Å². The second-order valence-corrected chi connectivity index (χ2v) is 11.1. The van der Waals surface area contributed by atoms with Crippen molar-refractivity contribution < 1.29 is 28.9 Å². The highest BCUT2D eigenvalue weighted by Gasteiger charge is 2.54. The molecule has 2 aliphatic rings. The maximum absolute atomic E-state index is 13.1. The van der Waals surface area contributed by atoms with Gasteiger partial charge in [-0.1, -0.05) is 34.7 Å². The number of nitrogens with two attached hydrogens (primary N) is 1. The highest BCUT2D eigenvalue weighted by atomic mass is 32.2. The number of carboxylic acids is 1. The smallest absolute Gasteiger partial charge is 0.352 e. The van der Waals surface area contributed by atoms with Crippen molar-refractivity contribution in [2.75, 3.05) is 18.1 Å². The maximum atomic E-state index is 13.1. The SMILES string of the molecule is C=CCO/N=C(\C(=O)N[C@@H]1C(=O)N2C(C(=O)O)=C(/C=C/Sc3ccc4n(cc[n+]4C)n3)CS[C@H]12)c1nsc(N)n1. The molecule has 3 aromatic rings. The first-order valence-electron chi connectivity index (χ1n) is 11.6. The van der Waals surface area contributed by atoms with Gasteiger partial charge in [-0.2, -0.15) is 9.36 Å². The van der Waals surface area contributed by atoms with E-state index in [1.807, 2.05) is 36.1 Å². The molecule has 0 radical (unpaired) electrons. The van der Waals surface area contributed by atoms with Crippen LogP contribution in [-0.2, 0) is 26.3 Å². The summed E-state index contributed by atoms with van der Waals surface area (Å²) < 4.78 is 7.67. The molecule has 0 saturated carbocycles. The number of amides is 2. The molecule has 4 N–H and O–H groups in total. The van der Waals surface area contributed by atoms with Gasteiger partial charge in [0, 0.05) is 23.4 Å². The maximum Gasteiger partial charge on any atom is 0.352 e. The van der Waals surface area contributed by atoms with Crippen LogP contribution < -0.4 is 15.6 Å². The lowest BCUT2D eigenvalue weighted by Crippen LogP contribution is -2.71. The molecule has 2 atom stereocenters. The minimum Gasteiger partial charge on any atom is -0.477 e. The molecule has 1 fully saturated rings. The van der Waals surface area contributed by atoms with Crippen molar-refractivity contribution in [3.63, 3.8) is 0 Å². The number of β-lactam (4-membered cyclic amide) rings is 1. The van der Waals surface area contributed by atoms with E-state index in [1.165, 1.54) is 34.5 Å². The van der Waals surface area contributed by atoms with Crippen LogP contribution in [0, 0.1) is 0 Å². The summed E-state index contributed by atoms with van der Waals surface area (Å²) in [6.45, 7) is 3.55. The number of anilines is 1. The summed E-state index contributed by atoms with van der Waals surface area (Å²) in [4.78, 5) is 48.4. The number of carbonyl (C=O) groups is 3. The number of imidazole rings is 1. The first kappa shape index (κ1) is 27.4. The van der Waals surface area contributed by atoms with E-state index in [4.69, 9.17) is 10.6 Å². The largest absolute Gasteiger partial charge is 0.477 e. The fraction of sp³-hybridized carbons (Fsp3) is 0.217. The van der Waals surface area contributed by atoms with E-state index in [0.29, 0.717) is 16.4 Å². The second-order valence-electron chi connectivity index (χ2n) is 8.32. The van der Waals surface area contributed by atoms with Crippen LogP contribution in [0.1, 0.15) is 5.82 Å². The molecule has 5 rings (SSSR count). The third-order valence-electron chi connectivity index (χ3n) is 5.77. The number of carboxylic acid groups (broad SMARTS) is 1. The topological polar surface area (TPSA) is 181 Å². The summed E-state index contributed by atoms with van der Waals surface area (Å²) in [5.74, 6) is -2.31. The van der Waals surface area contributed by atoms with Crippen molar-refractivity contribution in [1.29, 1.82) is 0 Å². The molecule has 2 amide bonds. The number of nitrogens with one attached hydrogen (secondary N) is 1. The van der Waals surface area contributed by atoms with Gasteiger partial charge in [-0.25, -0.2) is 9.36 Å². The van der Waals surface area contributed by atoms with Crippen LogP contribution in [0.2, 0.25) is 0 Å². The minimum atomic E-state index is -1.24. The van der Waals surface area contributed by atoms with Gasteiger partial charge in [0.2, 0.25) is 11.5 Å². The van der Waals surface area contributed by atoms with Crippen LogP contribution in [-0.4, -0.2) is 76.2 Å². The number of nitrogen functional groups attached to an aromatic ring is 1. The van der Waals surface area contributed by atoms with Crippen molar-refractivity contribution in [2.24, 2.45) is 12.2 Å². The Hall–Kier alpha value is -4.22. The first-order valence-corrected chi connectivity index (χ1v) is 14.3. The summed E-state index contributed by atoms with van der Waals surface area (Å²) in [6.07, 6.45) is 6.83. The molecular formula is C23H22N9O5S3+. The lowest BCUT2D eigenvalue weighted by Gasteiger charge is -2.49. The van der Waals surface area contributed by atoms with Gasteiger partial charge >= 0.3 is 11.6 Å². The number of carbonyl (C=O) groups excluding carboxylic acids is 2. The molecular weight excluding hydrogens is 579 g/mol. The van der Waals surface area contributed by atoms with Crippen molar-refractivity contribution in [1.82, 2.24) is 29.2 Å². The highest BCUT2D eigenvalue weighted by Crippen LogP contribution is 2.41. The van der Waals surface area contributed by atoms with Crippen molar-refractivity contribution in [2.45, 2.75) is 16.4 Å². The Kier molecular flexibility index (Phi) is 7.85. The van der Waals surface area contributed by atoms with Gasteiger partial charge in [-0.3, -0.25) is 14.5 Å². The van der Waals surface area contributed by atoms with E-state index >= 15 is 0 Å². The van der Waals surface area contributed by atoms with Gasteiger partial charge in [-0.05, 0) is 23.1 Å². The van der Waals surface area contributed by atoms with Crippen molar-refractivity contribution in [3.05, 3.63) is 65.8 Å². The van der Waals surface area contributed by atoms with Gasteiger partial charge in [0.15, 0.2) is 11.3 Å². The summed E-state index contributed by atoms with van der Waals surface area (Å²) in [7, 11) is 1.92. The number of fused-ring (bicyclic) bond motifs is 2. The monoisotopic (exact) mass is 600 g/mol. The number of hydrogen-bond acceptors (Lipinski definition) is 12. The lowest BCUT2D eigenvalue weighted by molar-refractivity contribution is -0.644. The van der Waals surface area contributed by atoms with Crippen LogP contribution in [0.25, 0.3) is 5.65 Å². The number of rotatable bonds is 10. The van der Waals surface area contributed by atoms with E-state index in [0.717, 1.165) is 17.2 Å².